The summed E-state index contributed by atoms with van der Waals surface area (Å²) in [6, 6.07) is 6.45. The van der Waals surface area contributed by atoms with Gasteiger partial charge in [0.2, 0.25) is 0 Å². The monoisotopic (exact) mass is 200 g/mol. The summed E-state index contributed by atoms with van der Waals surface area (Å²) >= 11 is 0. The normalized spacial score (nSPS) is 9.87. The number of carbonyl (C=O) groups is 2. The number of carbonyl (C=O) groups excluding carboxylic acids is 2. The Kier molecular flexibility index (Phi) is 2.41. The minimum Gasteiger partial charge on any atom is -0.298 e. The maximum absolute atomic E-state index is 11.7. The lowest BCUT2D eigenvalue weighted by atomic mass is 10.1. The van der Waals surface area contributed by atoms with Crippen LogP contribution < -0.4 is 0 Å². The van der Waals surface area contributed by atoms with Gasteiger partial charge in [-0.05, 0) is 12.1 Å². The summed E-state index contributed by atoms with van der Waals surface area (Å²) in [7, 11) is 0. The van der Waals surface area contributed by atoms with Gasteiger partial charge in [0.25, 0.3) is 5.91 Å². The van der Waals surface area contributed by atoms with Crippen LogP contribution in [-0.4, -0.2) is 21.7 Å². The molecule has 1 aromatic heterocycles. The maximum atomic E-state index is 11.7. The minimum absolute atomic E-state index is 0.162. The molecule has 0 saturated carbocycles. The van der Waals surface area contributed by atoms with Crippen LogP contribution in [0.25, 0.3) is 0 Å². The molecule has 4 nitrogen and oxygen atoms in total. The van der Waals surface area contributed by atoms with E-state index in [9.17, 15) is 9.59 Å². The van der Waals surface area contributed by atoms with E-state index >= 15 is 0 Å². The molecule has 1 heterocycles. The van der Waals surface area contributed by atoms with E-state index in [1.807, 2.05) is 0 Å². The van der Waals surface area contributed by atoms with Crippen LogP contribution in [0.5, 0.6) is 0 Å². The summed E-state index contributed by atoms with van der Waals surface area (Å²) in [6.07, 6.45) is 5.30. The molecule has 0 radical (unpaired) electrons. The molecule has 0 fully saturated rings. The molecule has 0 atom stereocenters. The first-order valence-electron chi connectivity index (χ1n) is 4.39. The first-order chi connectivity index (χ1) is 7.31. The Hall–Kier alpha value is -2.23. The summed E-state index contributed by atoms with van der Waals surface area (Å²) in [6.45, 7) is 0. The Morgan fingerprint density at radius 2 is 2.00 bits per heavy atom. The molecule has 0 saturated heterocycles. The Morgan fingerprint density at radius 3 is 2.53 bits per heavy atom. The molecular weight excluding hydrogens is 192 g/mol. The Balaban J connectivity index is 2.30. The summed E-state index contributed by atoms with van der Waals surface area (Å²) < 4.78 is 1.38. The molecule has 4 heteroatoms. The van der Waals surface area contributed by atoms with Crippen molar-refractivity contribution < 1.29 is 9.59 Å². The molecule has 1 aromatic carbocycles. The van der Waals surface area contributed by atoms with Crippen molar-refractivity contribution in [3.63, 3.8) is 0 Å². The number of hydrogen-bond donors (Lipinski definition) is 0. The van der Waals surface area contributed by atoms with E-state index in [4.69, 9.17) is 0 Å². The summed E-state index contributed by atoms with van der Waals surface area (Å²) in [5.41, 5.74) is 1.08. The van der Waals surface area contributed by atoms with Crippen molar-refractivity contribution in [3.8, 4) is 0 Å². The fraction of sp³-hybridized carbons (Fsp3) is 0. The van der Waals surface area contributed by atoms with Gasteiger partial charge >= 0.3 is 0 Å². The second kappa shape index (κ2) is 3.88. The zero-order valence-corrected chi connectivity index (χ0v) is 7.83. The van der Waals surface area contributed by atoms with Gasteiger partial charge in [0.05, 0.1) is 0 Å². The average molecular weight is 200 g/mol. The van der Waals surface area contributed by atoms with Gasteiger partial charge in [-0.15, -0.1) is 0 Å². The van der Waals surface area contributed by atoms with Crippen LogP contribution in [0.2, 0.25) is 0 Å². The highest BCUT2D eigenvalue weighted by atomic mass is 16.2. The Morgan fingerprint density at radius 1 is 1.27 bits per heavy atom. The molecule has 74 valence electrons. The van der Waals surface area contributed by atoms with Gasteiger partial charge in [-0.25, -0.2) is 4.98 Å². The SMILES string of the molecule is O=Cc1ccc(C(=O)n2ccnc2)cc1. The smallest absolute Gasteiger partial charge is 0.263 e. The molecule has 0 aliphatic rings. The molecule has 0 unspecified atom stereocenters. The van der Waals surface area contributed by atoms with E-state index in [0.717, 1.165) is 6.29 Å². The second-order valence-electron chi connectivity index (χ2n) is 3.01. The van der Waals surface area contributed by atoms with Gasteiger partial charge < -0.3 is 0 Å². The maximum Gasteiger partial charge on any atom is 0.263 e. The van der Waals surface area contributed by atoms with Crippen LogP contribution in [0.15, 0.2) is 43.0 Å². The van der Waals surface area contributed by atoms with E-state index in [1.54, 1.807) is 30.5 Å². The van der Waals surface area contributed by atoms with Crippen molar-refractivity contribution in [3.05, 3.63) is 54.1 Å². The van der Waals surface area contributed by atoms with E-state index in [2.05, 4.69) is 4.98 Å². The molecule has 2 aromatic rings. The lowest BCUT2D eigenvalue weighted by Crippen LogP contribution is -2.09. The standard InChI is InChI=1S/C11H8N2O2/c14-7-9-1-3-10(4-2-9)11(15)13-6-5-12-8-13/h1-8H. The fourth-order valence-electron chi connectivity index (χ4n) is 1.23. The van der Waals surface area contributed by atoms with Gasteiger partial charge in [0.15, 0.2) is 0 Å². The second-order valence-corrected chi connectivity index (χ2v) is 3.01. The van der Waals surface area contributed by atoms with E-state index in [0.29, 0.717) is 11.1 Å². The molecule has 0 spiro atoms. The molecule has 0 bridgehead atoms. The average Bonchev–Trinajstić information content (AvgIpc) is 2.82. The first kappa shape index (κ1) is 9.33. The van der Waals surface area contributed by atoms with Crippen molar-refractivity contribution in [2.75, 3.05) is 0 Å². The number of hydrogen-bond acceptors (Lipinski definition) is 3. The quantitative estimate of drug-likeness (QED) is 0.688. The number of aldehydes is 1. The number of nitrogens with zero attached hydrogens (tertiary/aromatic N) is 2. The number of benzene rings is 1. The molecule has 15 heavy (non-hydrogen) atoms. The van der Waals surface area contributed by atoms with Crippen molar-refractivity contribution >= 4 is 12.2 Å². The third-order valence-electron chi connectivity index (χ3n) is 2.03. The Bertz CT molecular complexity index is 472. The third kappa shape index (κ3) is 1.83. The summed E-state index contributed by atoms with van der Waals surface area (Å²) in [4.78, 5) is 25.9. The third-order valence-corrected chi connectivity index (χ3v) is 2.03. The highest BCUT2D eigenvalue weighted by Crippen LogP contribution is 2.04. The van der Waals surface area contributed by atoms with Crippen LogP contribution in [0.3, 0.4) is 0 Å². The summed E-state index contributed by atoms with van der Waals surface area (Å²) in [5.74, 6) is -0.162. The van der Waals surface area contributed by atoms with Crippen LogP contribution in [0.1, 0.15) is 20.7 Å². The van der Waals surface area contributed by atoms with Gasteiger partial charge in [-0.1, -0.05) is 12.1 Å². The fourth-order valence-corrected chi connectivity index (χ4v) is 1.23. The van der Waals surface area contributed by atoms with E-state index in [1.165, 1.54) is 17.1 Å². The van der Waals surface area contributed by atoms with Gasteiger partial charge in [-0.3, -0.25) is 14.2 Å². The van der Waals surface area contributed by atoms with Crippen LogP contribution in [-0.2, 0) is 0 Å². The lowest BCUT2D eigenvalue weighted by molar-refractivity contribution is 0.0959. The largest absolute Gasteiger partial charge is 0.298 e. The van der Waals surface area contributed by atoms with Crippen molar-refractivity contribution in [1.82, 2.24) is 9.55 Å². The van der Waals surface area contributed by atoms with Crippen LogP contribution in [0, 0.1) is 0 Å². The van der Waals surface area contributed by atoms with Crippen molar-refractivity contribution in [2.24, 2.45) is 0 Å². The van der Waals surface area contributed by atoms with Crippen LogP contribution in [0.4, 0.5) is 0 Å². The summed E-state index contributed by atoms with van der Waals surface area (Å²) in [5, 5.41) is 0. The molecule has 0 aliphatic heterocycles. The zero-order valence-electron chi connectivity index (χ0n) is 7.83. The Labute approximate surface area is 86.2 Å². The number of imidazole rings is 1. The highest BCUT2D eigenvalue weighted by Gasteiger charge is 2.06. The molecule has 2 rings (SSSR count). The predicted octanol–water partition coefficient (Wildman–Crippen LogP) is 1.38. The highest BCUT2D eigenvalue weighted by molar-refractivity contribution is 5.96. The molecular formula is C11H8N2O2. The number of aromatic nitrogens is 2. The van der Waals surface area contributed by atoms with Gasteiger partial charge in [-0.2, -0.15) is 0 Å². The molecule has 0 aliphatic carbocycles. The van der Waals surface area contributed by atoms with E-state index in [-0.39, 0.29) is 5.91 Å². The lowest BCUT2D eigenvalue weighted by Gasteiger charge is -2.00. The van der Waals surface area contributed by atoms with Crippen molar-refractivity contribution in [2.45, 2.75) is 0 Å². The first-order valence-corrected chi connectivity index (χ1v) is 4.39. The van der Waals surface area contributed by atoms with Gasteiger partial charge in [0.1, 0.15) is 12.6 Å². The molecule has 0 amide bonds. The van der Waals surface area contributed by atoms with Gasteiger partial charge in [0, 0.05) is 23.5 Å². The number of rotatable bonds is 2. The predicted molar refractivity (Wildman–Crippen MR) is 53.8 cm³/mol. The minimum atomic E-state index is -0.162. The van der Waals surface area contributed by atoms with E-state index < -0.39 is 0 Å². The molecule has 0 N–H and O–H groups in total. The zero-order chi connectivity index (χ0) is 10.7. The van der Waals surface area contributed by atoms with Crippen molar-refractivity contribution in [1.29, 1.82) is 0 Å². The topological polar surface area (TPSA) is 52.0 Å². The van der Waals surface area contributed by atoms with Crippen LogP contribution >= 0.6 is 0 Å².